The van der Waals surface area contributed by atoms with E-state index in [0.717, 1.165) is 36.6 Å². The van der Waals surface area contributed by atoms with Crippen molar-refractivity contribution in [2.24, 2.45) is 0 Å². The molecule has 1 amide bonds. The summed E-state index contributed by atoms with van der Waals surface area (Å²) in [6, 6.07) is 13.5. The average molecular weight is 373 g/mol. The van der Waals surface area contributed by atoms with Gasteiger partial charge in [0, 0.05) is 16.8 Å². The van der Waals surface area contributed by atoms with Gasteiger partial charge in [-0.15, -0.1) is 0 Å². The lowest BCUT2D eigenvalue weighted by Gasteiger charge is -2.26. The standard InChI is InChI=1S/C20H21ClN2O3/c21-15-3-1-4-16(12-15)22-20(24)13-23-8-2-5-17(23)14-6-7-18-19(11-14)26-10-9-25-18/h1,3-4,6-7,11-12,17H,2,5,8-10,13H2,(H,22,24). The molecule has 0 radical (unpaired) electrons. The summed E-state index contributed by atoms with van der Waals surface area (Å²) >= 11 is 5.98. The summed E-state index contributed by atoms with van der Waals surface area (Å²) in [7, 11) is 0. The normalized spacial score (nSPS) is 19.3. The highest BCUT2D eigenvalue weighted by atomic mass is 35.5. The second-order valence-electron chi connectivity index (χ2n) is 6.59. The summed E-state index contributed by atoms with van der Waals surface area (Å²) in [5.74, 6) is 1.56. The van der Waals surface area contributed by atoms with E-state index in [1.54, 1.807) is 12.1 Å². The fourth-order valence-electron chi connectivity index (χ4n) is 3.61. The maximum Gasteiger partial charge on any atom is 0.238 e. The number of ether oxygens (including phenoxy) is 2. The molecule has 136 valence electrons. The molecule has 1 saturated heterocycles. The molecular formula is C20H21ClN2O3. The summed E-state index contributed by atoms with van der Waals surface area (Å²) < 4.78 is 11.3. The quantitative estimate of drug-likeness (QED) is 0.884. The van der Waals surface area contributed by atoms with E-state index in [-0.39, 0.29) is 11.9 Å². The molecule has 0 aromatic heterocycles. The van der Waals surface area contributed by atoms with Crippen LogP contribution in [-0.4, -0.2) is 37.1 Å². The van der Waals surface area contributed by atoms with Crippen molar-refractivity contribution < 1.29 is 14.3 Å². The van der Waals surface area contributed by atoms with Crippen LogP contribution in [0, 0.1) is 0 Å². The minimum atomic E-state index is -0.0308. The van der Waals surface area contributed by atoms with Crippen LogP contribution in [0.2, 0.25) is 5.02 Å². The number of likely N-dealkylation sites (tertiary alicyclic amines) is 1. The molecule has 0 aliphatic carbocycles. The van der Waals surface area contributed by atoms with Crippen LogP contribution in [0.1, 0.15) is 24.4 Å². The molecule has 1 N–H and O–H groups in total. The number of nitrogens with zero attached hydrogens (tertiary/aromatic N) is 1. The zero-order chi connectivity index (χ0) is 17.9. The summed E-state index contributed by atoms with van der Waals surface area (Å²) in [5.41, 5.74) is 1.89. The van der Waals surface area contributed by atoms with Gasteiger partial charge in [0.25, 0.3) is 0 Å². The van der Waals surface area contributed by atoms with Crippen LogP contribution in [0.4, 0.5) is 5.69 Å². The van der Waals surface area contributed by atoms with Crippen LogP contribution in [0.3, 0.4) is 0 Å². The van der Waals surface area contributed by atoms with Crippen LogP contribution >= 0.6 is 11.6 Å². The predicted octanol–water partition coefficient (Wildman–Crippen LogP) is 3.89. The Bertz CT molecular complexity index is 811. The summed E-state index contributed by atoms with van der Waals surface area (Å²) in [6.07, 6.45) is 2.10. The van der Waals surface area contributed by atoms with Gasteiger partial charge in [-0.3, -0.25) is 9.69 Å². The molecule has 2 aliphatic heterocycles. The molecule has 2 aliphatic rings. The number of hydrogen-bond acceptors (Lipinski definition) is 4. The monoisotopic (exact) mass is 372 g/mol. The molecule has 1 fully saturated rings. The Labute approximate surface area is 157 Å². The van der Waals surface area contributed by atoms with Crippen molar-refractivity contribution in [1.29, 1.82) is 0 Å². The van der Waals surface area contributed by atoms with Gasteiger partial charge in [0.2, 0.25) is 5.91 Å². The molecule has 1 unspecified atom stereocenters. The molecule has 6 heteroatoms. The fourth-order valence-corrected chi connectivity index (χ4v) is 3.80. The first-order chi connectivity index (χ1) is 12.7. The summed E-state index contributed by atoms with van der Waals surface area (Å²) in [5, 5.41) is 3.53. The number of amides is 1. The molecular weight excluding hydrogens is 352 g/mol. The maximum atomic E-state index is 12.4. The lowest BCUT2D eigenvalue weighted by atomic mass is 10.0. The van der Waals surface area contributed by atoms with E-state index < -0.39 is 0 Å². The van der Waals surface area contributed by atoms with Gasteiger partial charge in [0.05, 0.1) is 6.54 Å². The molecule has 4 rings (SSSR count). The van der Waals surface area contributed by atoms with Crippen molar-refractivity contribution in [3.63, 3.8) is 0 Å². The Morgan fingerprint density at radius 3 is 2.85 bits per heavy atom. The van der Waals surface area contributed by atoms with E-state index in [0.29, 0.717) is 24.8 Å². The second kappa shape index (κ2) is 7.56. The van der Waals surface area contributed by atoms with Crippen molar-refractivity contribution in [2.75, 3.05) is 31.6 Å². The number of benzene rings is 2. The number of rotatable bonds is 4. The van der Waals surface area contributed by atoms with Crippen LogP contribution in [0.25, 0.3) is 0 Å². The number of carbonyl (C=O) groups is 1. The van der Waals surface area contributed by atoms with E-state index >= 15 is 0 Å². The van der Waals surface area contributed by atoms with E-state index in [2.05, 4.69) is 16.3 Å². The third-order valence-electron chi connectivity index (χ3n) is 4.77. The zero-order valence-corrected chi connectivity index (χ0v) is 15.2. The third kappa shape index (κ3) is 3.79. The first-order valence-corrected chi connectivity index (χ1v) is 9.26. The zero-order valence-electron chi connectivity index (χ0n) is 14.4. The van der Waals surface area contributed by atoms with Crippen molar-refractivity contribution in [1.82, 2.24) is 4.90 Å². The van der Waals surface area contributed by atoms with Gasteiger partial charge < -0.3 is 14.8 Å². The molecule has 2 aromatic rings. The summed E-state index contributed by atoms with van der Waals surface area (Å²) in [6.45, 7) is 2.42. The summed E-state index contributed by atoms with van der Waals surface area (Å²) in [4.78, 5) is 14.7. The Kier molecular flexibility index (Phi) is 5.00. The Morgan fingerprint density at radius 2 is 2.00 bits per heavy atom. The average Bonchev–Trinajstić information content (AvgIpc) is 3.09. The lowest BCUT2D eigenvalue weighted by molar-refractivity contribution is -0.117. The molecule has 0 spiro atoms. The highest BCUT2D eigenvalue weighted by molar-refractivity contribution is 6.30. The van der Waals surface area contributed by atoms with Crippen molar-refractivity contribution in [3.8, 4) is 11.5 Å². The molecule has 26 heavy (non-hydrogen) atoms. The van der Waals surface area contributed by atoms with Crippen molar-refractivity contribution >= 4 is 23.2 Å². The van der Waals surface area contributed by atoms with Crippen molar-refractivity contribution in [2.45, 2.75) is 18.9 Å². The molecule has 0 saturated carbocycles. The molecule has 5 nitrogen and oxygen atoms in total. The van der Waals surface area contributed by atoms with Gasteiger partial charge in [-0.05, 0) is 55.3 Å². The van der Waals surface area contributed by atoms with E-state index in [9.17, 15) is 4.79 Å². The second-order valence-corrected chi connectivity index (χ2v) is 7.03. The van der Waals surface area contributed by atoms with Gasteiger partial charge in [-0.25, -0.2) is 0 Å². The van der Waals surface area contributed by atoms with Gasteiger partial charge in [-0.2, -0.15) is 0 Å². The topological polar surface area (TPSA) is 50.8 Å². The number of hydrogen-bond donors (Lipinski definition) is 1. The molecule has 2 aromatic carbocycles. The molecule has 2 heterocycles. The van der Waals surface area contributed by atoms with Gasteiger partial charge in [0.15, 0.2) is 11.5 Å². The van der Waals surface area contributed by atoms with E-state index in [4.69, 9.17) is 21.1 Å². The molecule has 1 atom stereocenters. The Hall–Kier alpha value is -2.24. The minimum Gasteiger partial charge on any atom is -0.486 e. The van der Waals surface area contributed by atoms with E-state index in [1.807, 2.05) is 24.3 Å². The van der Waals surface area contributed by atoms with Crippen LogP contribution in [-0.2, 0) is 4.79 Å². The van der Waals surface area contributed by atoms with Crippen molar-refractivity contribution in [3.05, 3.63) is 53.1 Å². The first-order valence-electron chi connectivity index (χ1n) is 8.88. The first kappa shape index (κ1) is 17.2. The van der Waals surface area contributed by atoms with Gasteiger partial charge in [-0.1, -0.05) is 23.7 Å². The highest BCUT2D eigenvalue weighted by Crippen LogP contribution is 2.37. The van der Waals surface area contributed by atoms with Gasteiger partial charge in [0.1, 0.15) is 13.2 Å². The third-order valence-corrected chi connectivity index (χ3v) is 5.00. The van der Waals surface area contributed by atoms with Gasteiger partial charge >= 0.3 is 0 Å². The number of fused-ring (bicyclic) bond motifs is 1. The molecule has 0 bridgehead atoms. The van der Waals surface area contributed by atoms with Crippen LogP contribution in [0.5, 0.6) is 11.5 Å². The highest BCUT2D eigenvalue weighted by Gasteiger charge is 2.28. The number of halogens is 1. The maximum absolute atomic E-state index is 12.4. The Balaban J connectivity index is 1.44. The number of carbonyl (C=O) groups excluding carboxylic acids is 1. The van der Waals surface area contributed by atoms with Crippen LogP contribution in [0.15, 0.2) is 42.5 Å². The van der Waals surface area contributed by atoms with E-state index in [1.165, 1.54) is 5.56 Å². The SMILES string of the molecule is O=C(CN1CCCC1c1ccc2c(c1)OCCO2)Nc1cccc(Cl)c1. The number of anilines is 1. The number of nitrogens with one attached hydrogen (secondary N) is 1. The Morgan fingerprint density at radius 1 is 1.15 bits per heavy atom. The van der Waals surface area contributed by atoms with Crippen LogP contribution < -0.4 is 14.8 Å². The lowest BCUT2D eigenvalue weighted by Crippen LogP contribution is -2.33. The predicted molar refractivity (Wildman–Crippen MR) is 101 cm³/mol. The minimum absolute atomic E-state index is 0.0308. The fraction of sp³-hybridized carbons (Fsp3) is 0.350. The smallest absolute Gasteiger partial charge is 0.238 e. The largest absolute Gasteiger partial charge is 0.486 e.